The topological polar surface area (TPSA) is 78.2 Å². The number of rotatable bonds is 4. The van der Waals surface area contributed by atoms with Crippen molar-refractivity contribution in [2.75, 3.05) is 11.1 Å². The van der Waals surface area contributed by atoms with Gasteiger partial charge in [-0.15, -0.1) is 11.3 Å². The second kappa shape index (κ2) is 5.32. The summed E-state index contributed by atoms with van der Waals surface area (Å²) in [6.07, 6.45) is 0.788. The Hall–Kier alpha value is -2.01. The van der Waals surface area contributed by atoms with Gasteiger partial charge in [0.2, 0.25) is 0 Å². The molecule has 100 valence electrons. The predicted molar refractivity (Wildman–Crippen MR) is 76.9 cm³/mol. The fourth-order valence-electron chi connectivity index (χ4n) is 1.76. The molecule has 0 atom stereocenters. The van der Waals surface area contributed by atoms with E-state index in [2.05, 4.69) is 5.32 Å². The Morgan fingerprint density at radius 3 is 2.79 bits per heavy atom. The van der Waals surface area contributed by atoms with Gasteiger partial charge in [-0.3, -0.25) is 0 Å². The van der Waals surface area contributed by atoms with E-state index in [1.54, 1.807) is 12.1 Å². The van der Waals surface area contributed by atoms with Crippen molar-refractivity contribution in [3.63, 3.8) is 0 Å². The summed E-state index contributed by atoms with van der Waals surface area (Å²) >= 11 is 1.41. The zero-order valence-electron chi connectivity index (χ0n) is 10.8. The normalized spacial score (nSPS) is 10.4. The number of aromatic carboxylic acids is 1. The third kappa shape index (κ3) is 2.88. The molecule has 0 aliphatic heterocycles. The van der Waals surface area contributed by atoms with Crippen LogP contribution in [-0.2, 0) is 6.42 Å². The highest BCUT2D eigenvalue weighted by atomic mass is 32.1. The molecule has 0 saturated carbocycles. The average molecular weight is 275 g/mol. The van der Waals surface area contributed by atoms with Gasteiger partial charge < -0.3 is 21.0 Å². The lowest BCUT2D eigenvalue weighted by atomic mass is 10.2. The minimum Gasteiger partial charge on any atom is -0.545 e. The summed E-state index contributed by atoms with van der Waals surface area (Å²) in [5.41, 5.74) is 8.42. The molecular formula is C14H15N2O2S-. The monoisotopic (exact) mass is 275 g/mol. The van der Waals surface area contributed by atoms with E-state index in [-0.39, 0.29) is 5.56 Å². The second-order valence-corrected chi connectivity index (χ2v) is 5.45. The van der Waals surface area contributed by atoms with Gasteiger partial charge in [-0.1, -0.05) is 13.0 Å². The SMILES string of the molecule is CCc1cc(C(=O)[O-])c(Nc2cc(C)ccc2N)s1. The third-order valence-corrected chi connectivity index (χ3v) is 4.00. The van der Waals surface area contributed by atoms with E-state index in [4.69, 9.17) is 5.73 Å². The number of carbonyl (C=O) groups is 1. The van der Waals surface area contributed by atoms with E-state index < -0.39 is 5.97 Å². The zero-order valence-corrected chi connectivity index (χ0v) is 11.6. The van der Waals surface area contributed by atoms with Crippen LogP contribution in [0.3, 0.4) is 0 Å². The molecule has 4 nitrogen and oxygen atoms in total. The number of nitrogen functional groups attached to an aromatic ring is 1. The number of carboxylic acids is 1. The summed E-state index contributed by atoms with van der Waals surface area (Å²) < 4.78 is 0. The quantitative estimate of drug-likeness (QED) is 0.839. The molecule has 0 bridgehead atoms. The Balaban J connectivity index is 2.39. The predicted octanol–water partition coefficient (Wildman–Crippen LogP) is 2.31. The van der Waals surface area contributed by atoms with Crippen LogP contribution >= 0.6 is 11.3 Å². The Morgan fingerprint density at radius 2 is 2.16 bits per heavy atom. The molecule has 0 unspecified atom stereocenters. The molecule has 2 aromatic rings. The van der Waals surface area contributed by atoms with Crippen LogP contribution in [-0.4, -0.2) is 5.97 Å². The fraction of sp³-hybridized carbons (Fsp3) is 0.214. The van der Waals surface area contributed by atoms with Crippen molar-refractivity contribution in [3.8, 4) is 0 Å². The molecule has 0 amide bonds. The number of thiophene rings is 1. The molecule has 0 spiro atoms. The van der Waals surface area contributed by atoms with Gasteiger partial charge in [-0.2, -0.15) is 0 Å². The molecule has 1 aromatic heterocycles. The third-order valence-electron chi connectivity index (χ3n) is 2.81. The van der Waals surface area contributed by atoms with Gasteiger partial charge in [-0.25, -0.2) is 0 Å². The smallest absolute Gasteiger partial charge is 0.102 e. The number of aryl methyl sites for hydroxylation is 2. The number of anilines is 3. The highest BCUT2D eigenvalue weighted by Crippen LogP contribution is 2.33. The van der Waals surface area contributed by atoms with E-state index in [1.165, 1.54) is 11.3 Å². The molecule has 5 heteroatoms. The summed E-state index contributed by atoms with van der Waals surface area (Å²) in [5.74, 6) is -1.18. The van der Waals surface area contributed by atoms with Gasteiger partial charge in [0.25, 0.3) is 0 Å². The van der Waals surface area contributed by atoms with Crippen molar-refractivity contribution in [3.05, 3.63) is 40.3 Å². The van der Waals surface area contributed by atoms with Crippen molar-refractivity contribution < 1.29 is 9.90 Å². The van der Waals surface area contributed by atoms with Crippen LogP contribution < -0.4 is 16.2 Å². The molecule has 19 heavy (non-hydrogen) atoms. The number of benzene rings is 1. The minimum atomic E-state index is -1.18. The van der Waals surface area contributed by atoms with Crippen molar-refractivity contribution in [1.29, 1.82) is 0 Å². The Kier molecular flexibility index (Phi) is 3.76. The van der Waals surface area contributed by atoms with Crippen LogP contribution in [0.2, 0.25) is 0 Å². The van der Waals surface area contributed by atoms with E-state index in [9.17, 15) is 9.90 Å². The summed E-state index contributed by atoms with van der Waals surface area (Å²) in [5, 5.41) is 14.8. The van der Waals surface area contributed by atoms with Gasteiger partial charge in [0.05, 0.1) is 17.3 Å². The van der Waals surface area contributed by atoms with Gasteiger partial charge >= 0.3 is 0 Å². The van der Waals surface area contributed by atoms with E-state index in [0.29, 0.717) is 16.4 Å². The number of carboxylic acid groups (broad SMARTS) is 1. The molecule has 1 aromatic carbocycles. The number of nitrogens with one attached hydrogen (secondary N) is 1. The highest BCUT2D eigenvalue weighted by Gasteiger charge is 2.10. The van der Waals surface area contributed by atoms with Crippen molar-refractivity contribution in [2.45, 2.75) is 20.3 Å². The second-order valence-electron chi connectivity index (χ2n) is 4.31. The van der Waals surface area contributed by atoms with E-state index in [0.717, 1.165) is 16.9 Å². The van der Waals surface area contributed by atoms with Gasteiger partial charge in [0.15, 0.2) is 0 Å². The number of carbonyl (C=O) groups excluding carboxylic acids is 1. The molecule has 3 N–H and O–H groups in total. The first-order valence-electron chi connectivity index (χ1n) is 5.98. The van der Waals surface area contributed by atoms with Gasteiger partial charge in [0, 0.05) is 10.4 Å². The summed E-state index contributed by atoms with van der Waals surface area (Å²) in [4.78, 5) is 12.1. The van der Waals surface area contributed by atoms with E-state index >= 15 is 0 Å². The van der Waals surface area contributed by atoms with Crippen LogP contribution in [0.4, 0.5) is 16.4 Å². The summed E-state index contributed by atoms with van der Waals surface area (Å²) in [6, 6.07) is 7.24. The van der Waals surface area contributed by atoms with Crippen LogP contribution in [0.15, 0.2) is 24.3 Å². The van der Waals surface area contributed by atoms with Crippen LogP contribution in [0, 0.1) is 6.92 Å². The lowest BCUT2D eigenvalue weighted by Gasteiger charge is -2.11. The molecule has 1 heterocycles. The molecule has 2 rings (SSSR count). The zero-order chi connectivity index (χ0) is 14.0. The van der Waals surface area contributed by atoms with Crippen molar-refractivity contribution in [1.82, 2.24) is 0 Å². The van der Waals surface area contributed by atoms with Crippen molar-refractivity contribution >= 4 is 33.7 Å². The molecule has 0 aliphatic carbocycles. The van der Waals surface area contributed by atoms with Crippen LogP contribution in [0.5, 0.6) is 0 Å². The lowest BCUT2D eigenvalue weighted by Crippen LogP contribution is -2.22. The minimum absolute atomic E-state index is 0.183. The maximum Gasteiger partial charge on any atom is 0.102 e. The van der Waals surface area contributed by atoms with Gasteiger partial charge in [0.1, 0.15) is 5.00 Å². The average Bonchev–Trinajstić information content (AvgIpc) is 2.77. The highest BCUT2D eigenvalue weighted by molar-refractivity contribution is 7.16. The maximum atomic E-state index is 11.1. The maximum absolute atomic E-state index is 11.1. The molecule has 0 aliphatic rings. The summed E-state index contributed by atoms with van der Waals surface area (Å²) in [7, 11) is 0. The standard InChI is InChI=1S/C14H16N2O2S/c1-3-9-7-10(14(17)18)13(19-9)16-12-6-8(2)4-5-11(12)15/h4-7,16H,3,15H2,1-2H3,(H,17,18)/p-1. The largest absolute Gasteiger partial charge is 0.545 e. The Labute approximate surface area is 115 Å². The van der Waals surface area contributed by atoms with Crippen molar-refractivity contribution in [2.24, 2.45) is 0 Å². The molecule has 0 radical (unpaired) electrons. The lowest BCUT2D eigenvalue weighted by molar-refractivity contribution is -0.254. The Morgan fingerprint density at radius 1 is 1.42 bits per heavy atom. The number of hydrogen-bond acceptors (Lipinski definition) is 5. The van der Waals surface area contributed by atoms with Gasteiger partial charge in [-0.05, 0) is 37.1 Å². The molecular weight excluding hydrogens is 260 g/mol. The van der Waals surface area contributed by atoms with E-state index in [1.807, 2.05) is 26.0 Å². The first-order chi connectivity index (χ1) is 9.01. The fourth-order valence-corrected chi connectivity index (χ4v) is 2.76. The Bertz CT molecular complexity index is 620. The van der Waals surface area contributed by atoms with Crippen LogP contribution in [0.25, 0.3) is 0 Å². The molecule has 0 fully saturated rings. The number of nitrogens with two attached hydrogens (primary N) is 1. The summed E-state index contributed by atoms with van der Waals surface area (Å²) in [6.45, 7) is 3.94. The van der Waals surface area contributed by atoms with Crippen LogP contribution in [0.1, 0.15) is 27.7 Å². The number of hydrogen-bond donors (Lipinski definition) is 2. The first-order valence-corrected chi connectivity index (χ1v) is 6.80. The molecule has 0 saturated heterocycles. The first kappa shape index (κ1) is 13.4.